The van der Waals surface area contributed by atoms with Crippen LogP contribution in [0.25, 0.3) is 11.1 Å². The number of benzene rings is 2. The van der Waals surface area contributed by atoms with E-state index in [-0.39, 0.29) is 18.2 Å². The lowest BCUT2D eigenvalue weighted by Crippen LogP contribution is -2.46. The summed E-state index contributed by atoms with van der Waals surface area (Å²) in [6.07, 6.45) is 3.85. The maximum Gasteiger partial charge on any atom is 0.146 e. The van der Waals surface area contributed by atoms with Crippen molar-refractivity contribution in [2.75, 3.05) is 31.1 Å². The molecule has 3 nitrogen and oxygen atoms in total. The first-order valence-electron chi connectivity index (χ1n) is 9.01. The molecule has 1 aliphatic rings. The molecule has 2 heterocycles. The Balaban J connectivity index is 0.00000210. The minimum absolute atomic E-state index is 0. The smallest absolute Gasteiger partial charge is 0.146 e. The monoisotopic (exact) mass is 383 g/mol. The molecule has 2 aromatic carbocycles. The SMILES string of the molecule is Cl.Fc1ccccc1N1CCN(Cc2cncc(-c3ccccc3)c2)CC1. The van der Waals surface area contributed by atoms with Crippen LogP contribution in [0, 0.1) is 5.82 Å². The lowest BCUT2D eigenvalue weighted by molar-refractivity contribution is 0.249. The summed E-state index contributed by atoms with van der Waals surface area (Å²) in [4.78, 5) is 8.95. The predicted octanol–water partition coefficient (Wildman–Crippen LogP) is 4.63. The van der Waals surface area contributed by atoms with E-state index < -0.39 is 0 Å². The number of anilines is 1. The van der Waals surface area contributed by atoms with Crippen LogP contribution in [-0.2, 0) is 6.54 Å². The van der Waals surface area contributed by atoms with Crippen molar-refractivity contribution in [3.05, 3.63) is 84.4 Å². The molecule has 0 saturated carbocycles. The third-order valence-corrected chi connectivity index (χ3v) is 4.87. The van der Waals surface area contributed by atoms with Crippen LogP contribution in [0.15, 0.2) is 73.1 Å². The lowest BCUT2D eigenvalue weighted by Gasteiger charge is -2.36. The van der Waals surface area contributed by atoms with Crippen LogP contribution in [0.3, 0.4) is 0 Å². The highest BCUT2D eigenvalue weighted by atomic mass is 35.5. The van der Waals surface area contributed by atoms with Crippen molar-refractivity contribution in [1.29, 1.82) is 0 Å². The molecule has 1 aromatic heterocycles. The second kappa shape index (κ2) is 8.98. The van der Waals surface area contributed by atoms with Crippen LogP contribution in [0.4, 0.5) is 10.1 Å². The van der Waals surface area contributed by atoms with Crippen molar-refractivity contribution >= 4 is 18.1 Å². The summed E-state index contributed by atoms with van der Waals surface area (Å²) in [5.41, 5.74) is 4.25. The zero-order chi connectivity index (χ0) is 17.8. The Bertz CT molecular complexity index is 864. The molecule has 1 aliphatic heterocycles. The Hall–Kier alpha value is -2.43. The highest BCUT2D eigenvalue weighted by Crippen LogP contribution is 2.22. The number of nitrogens with zero attached hydrogens (tertiary/aromatic N) is 3. The number of pyridine rings is 1. The summed E-state index contributed by atoms with van der Waals surface area (Å²) in [6, 6.07) is 19.6. The van der Waals surface area contributed by atoms with Gasteiger partial charge in [-0.05, 0) is 29.3 Å². The van der Waals surface area contributed by atoms with E-state index in [4.69, 9.17) is 0 Å². The van der Waals surface area contributed by atoms with Crippen LogP contribution in [-0.4, -0.2) is 36.1 Å². The second-order valence-corrected chi connectivity index (χ2v) is 6.66. The van der Waals surface area contributed by atoms with Gasteiger partial charge in [-0.25, -0.2) is 4.39 Å². The Morgan fingerprint density at radius 2 is 1.52 bits per heavy atom. The van der Waals surface area contributed by atoms with Gasteiger partial charge in [0, 0.05) is 50.7 Å². The Kier molecular flexibility index (Phi) is 6.43. The van der Waals surface area contributed by atoms with Crippen LogP contribution in [0.2, 0.25) is 0 Å². The molecule has 4 rings (SSSR count). The number of para-hydroxylation sites is 1. The maximum absolute atomic E-state index is 14.0. The van der Waals surface area contributed by atoms with E-state index >= 15 is 0 Å². The normalized spacial score (nSPS) is 14.6. The van der Waals surface area contributed by atoms with E-state index in [9.17, 15) is 4.39 Å². The molecule has 0 amide bonds. The summed E-state index contributed by atoms with van der Waals surface area (Å²) in [5, 5.41) is 0. The molecule has 0 aliphatic carbocycles. The number of rotatable bonds is 4. The molecule has 0 N–H and O–H groups in total. The number of aromatic nitrogens is 1. The molecule has 1 saturated heterocycles. The minimum atomic E-state index is -0.138. The van der Waals surface area contributed by atoms with Gasteiger partial charge in [0.15, 0.2) is 0 Å². The first kappa shape index (κ1) is 19.3. The van der Waals surface area contributed by atoms with E-state index in [0.29, 0.717) is 5.69 Å². The predicted molar refractivity (Wildman–Crippen MR) is 111 cm³/mol. The summed E-state index contributed by atoms with van der Waals surface area (Å²) in [6.45, 7) is 4.39. The lowest BCUT2D eigenvalue weighted by atomic mass is 10.1. The van der Waals surface area contributed by atoms with Gasteiger partial charge in [0.1, 0.15) is 5.82 Å². The van der Waals surface area contributed by atoms with Crippen molar-refractivity contribution in [1.82, 2.24) is 9.88 Å². The highest BCUT2D eigenvalue weighted by Gasteiger charge is 2.19. The fourth-order valence-electron chi connectivity index (χ4n) is 3.48. The molecule has 5 heteroatoms. The number of hydrogen-bond donors (Lipinski definition) is 0. The highest BCUT2D eigenvalue weighted by molar-refractivity contribution is 5.85. The summed E-state index contributed by atoms with van der Waals surface area (Å²) in [5.74, 6) is -0.138. The maximum atomic E-state index is 14.0. The van der Waals surface area contributed by atoms with E-state index in [2.05, 4.69) is 33.0 Å². The number of hydrogen-bond acceptors (Lipinski definition) is 3. The van der Waals surface area contributed by atoms with Crippen molar-refractivity contribution in [3.8, 4) is 11.1 Å². The van der Waals surface area contributed by atoms with Crippen molar-refractivity contribution in [3.63, 3.8) is 0 Å². The molecule has 0 bridgehead atoms. The molecule has 0 atom stereocenters. The third kappa shape index (κ3) is 4.65. The molecule has 1 fully saturated rings. The summed E-state index contributed by atoms with van der Waals surface area (Å²) in [7, 11) is 0. The fraction of sp³-hybridized carbons (Fsp3) is 0.227. The van der Waals surface area contributed by atoms with Crippen LogP contribution >= 0.6 is 12.4 Å². The van der Waals surface area contributed by atoms with Gasteiger partial charge in [-0.3, -0.25) is 9.88 Å². The van der Waals surface area contributed by atoms with Crippen molar-refractivity contribution in [2.45, 2.75) is 6.54 Å². The average Bonchev–Trinajstić information content (AvgIpc) is 2.70. The molecule has 140 valence electrons. The zero-order valence-electron chi connectivity index (χ0n) is 15.1. The van der Waals surface area contributed by atoms with Crippen LogP contribution in [0.5, 0.6) is 0 Å². The van der Waals surface area contributed by atoms with Gasteiger partial charge in [-0.2, -0.15) is 0 Å². The number of halogens is 2. The quantitative estimate of drug-likeness (QED) is 0.654. The van der Waals surface area contributed by atoms with E-state index in [1.54, 1.807) is 6.07 Å². The molecular weight excluding hydrogens is 361 g/mol. The van der Waals surface area contributed by atoms with E-state index in [1.165, 1.54) is 17.2 Å². The van der Waals surface area contributed by atoms with Gasteiger partial charge >= 0.3 is 0 Å². The first-order chi connectivity index (χ1) is 12.8. The third-order valence-electron chi connectivity index (χ3n) is 4.87. The topological polar surface area (TPSA) is 19.4 Å². The summed E-state index contributed by atoms with van der Waals surface area (Å²) < 4.78 is 14.0. The second-order valence-electron chi connectivity index (χ2n) is 6.66. The van der Waals surface area contributed by atoms with Gasteiger partial charge in [-0.15, -0.1) is 12.4 Å². The van der Waals surface area contributed by atoms with Crippen LogP contribution in [0.1, 0.15) is 5.56 Å². The summed E-state index contributed by atoms with van der Waals surface area (Å²) >= 11 is 0. The Morgan fingerprint density at radius 1 is 0.815 bits per heavy atom. The molecule has 0 radical (unpaired) electrons. The largest absolute Gasteiger partial charge is 0.367 e. The minimum Gasteiger partial charge on any atom is -0.367 e. The van der Waals surface area contributed by atoms with Gasteiger partial charge in [0.25, 0.3) is 0 Å². The molecule has 27 heavy (non-hydrogen) atoms. The van der Waals surface area contributed by atoms with Crippen LogP contribution < -0.4 is 4.90 Å². The molecule has 0 spiro atoms. The Morgan fingerprint density at radius 3 is 2.26 bits per heavy atom. The average molecular weight is 384 g/mol. The molecular formula is C22H23ClFN3. The Labute approximate surface area is 165 Å². The fourth-order valence-corrected chi connectivity index (χ4v) is 3.48. The first-order valence-corrected chi connectivity index (χ1v) is 9.01. The molecule has 3 aromatic rings. The van der Waals surface area contributed by atoms with E-state index in [0.717, 1.165) is 38.3 Å². The van der Waals surface area contributed by atoms with Gasteiger partial charge < -0.3 is 4.90 Å². The molecule has 0 unspecified atom stereocenters. The van der Waals surface area contributed by atoms with Crippen molar-refractivity contribution < 1.29 is 4.39 Å². The van der Waals surface area contributed by atoms with Crippen molar-refractivity contribution in [2.24, 2.45) is 0 Å². The standard InChI is InChI=1S/C22H22FN3.ClH/c23-21-8-4-5-9-22(21)26-12-10-25(11-13-26)17-18-14-20(16-24-15-18)19-6-2-1-3-7-19;/h1-9,14-16H,10-13,17H2;1H. The van der Waals surface area contributed by atoms with Gasteiger partial charge in [0.05, 0.1) is 5.69 Å². The zero-order valence-corrected chi connectivity index (χ0v) is 15.9. The van der Waals surface area contributed by atoms with Gasteiger partial charge in [0.2, 0.25) is 0 Å². The number of piperazine rings is 1. The van der Waals surface area contributed by atoms with E-state index in [1.807, 2.05) is 42.7 Å². The van der Waals surface area contributed by atoms with Gasteiger partial charge in [-0.1, -0.05) is 42.5 Å².